The number of nitrogens with zero attached hydrogens (tertiary/aromatic N) is 3. The molecule has 0 aromatic carbocycles. The molecule has 0 aliphatic carbocycles. The minimum absolute atomic E-state index is 0.565. The van der Waals surface area contributed by atoms with Crippen molar-refractivity contribution >= 4 is 15.9 Å². The number of nitrogens with one attached hydrogen (secondary N) is 2. The Morgan fingerprint density at radius 3 is 2.83 bits per heavy atom. The van der Waals surface area contributed by atoms with E-state index in [1.54, 1.807) is 0 Å². The van der Waals surface area contributed by atoms with Gasteiger partial charge in [0.15, 0.2) is 0 Å². The topological polar surface area (TPSA) is 70.2 Å². The van der Waals surface area contributed by atoms with Crippen LogP contribution in [0.3, 0.4) is 0 Å². The molecule has 0 radical (unpaired) electrons. The molecule has 0 unspecified atom stereocenters. The largest absolute Gasteiger partial charge is 0.355 e. The number of aryl methyl sites for hydroxylation is 1. The van der Waals surface area contributed by atoms with Gasteiger partial charge in [-0.1, -0.05) is 0 Å². The molecule has 0 saturated carbocycles. The lowest BCUT2D eigenvalue weighted by Crippen LogP contribution is -1.81. The molecule has 0 amide bonds. The molecule has 2 aromatic rings. The predicted molar refractivity (Wildman–Crippen MR) is 46.4 cm³/mol. The molecule has 5 nitrogen and oxygen atoms in total. The second-order valence-electron chi connectivity index (χ2n) is 2.41. The highest BCUT2D eigenvalue weighted by Crippen LogP contribution is 2.24. The molecule has 2 rings (SSSR count). The lowest BCUT2D eigenvalue weighted by Gasteiger charge is -1.87. The normalized spacial score (nSPS) is 10.5. The molecule has 2 aromatic heterocycles. The molecule has 12 heavy (non-hydrogen) atoms. The third-order valence-electron chi connectivity index (χ3n) is 1.47. The molecule has 0 bridgehead atoms. The summed E-state index contributed by atoms with van der Waals surface area (Å²) >= 11 is 3.39. The van der Waals surface area contributed by atoms with Gasteiger partial charge in [0, 0.05) is 10.2 Å². The number of hydrogen-bond acceptors (Lipinski definition) is 3. The van der Waals surface area contributed by atoms with Crippen molar-refractivity contribution in [1.82, 2.24) is 25.6 Å². The van der Waals surface area contributed by atoms with Gasteiger partial charge >= 0.3 is 0 Å². The van der Waals surface area contributed by atoms with Gasteiger partial charge in [-0.15, -0.1) is 10.2 Å². The lowest BCUT2D eigenvalue weighted by atomic mass is 10.4. The molecule has 0 spiro atoms. The molecule has 62 valence electrons. The minimum atomic E-state index is 0.565. The van der Waals surface area contributed by atoms with E-state index in [9.17, 15) is 0 Å². The van der Waals surface area contributed by atoms with Gasteiger partial charge in [0.25, 0.3) is 0 Å². The van der Waals surface area contributed by atoms with Gasteiger partial charge < -0.3 is 4.98 Å². The first kappa shape index (κ1) is 7.48. The van der Waals surface area contributed by atoms with Crippen molar-refractivity contribution in [2.75, 3.05) is 0 Å². The summed E-state index contributed by atoms with van der Waals surface area (Å²) in [6.45, 7) is 1.97. The maximum atomic E-state index is 3.85. The highest BCUT2D eigenvalue weighted by molar-refractivity contribution is 9.10. The van der Waals surface area contributed by atoms with Crippen LogP contribution in [-0.2, 0) is 0 Å². The Morgan fingerprint density at radius 1 is 1.50 bits per heavy atom. The van der Waals surface area contributed by atoms with Crippen molar-refractivity contribution in [3.63, 3.8) is 0 Å². The molecule has 0 aliphatic rings. The molecule has 0 aliphatic heterocycles. The summed E-state index contributed by atoms with van der Waals surface area (Å²) in [6, 6.07) is 1.96. The number of H-pyrrole nitrogens is 2. The van der Waals surface area contributed by atoms with Crippen LogP contribution in [0.4, 0.5) is 0 Å². The van der Waals surface area contributed by atoms with E-state index in [2.05, 4.69) is 41.5 Å². The standard InChI is InChI=1S/C6H6BrN5/c1-3-2-4(7)5(8-3)6-9-11-12-10-6/h2,8H,1H3,(H,9,10,11,12). The smallest absolute Gasteiger partial charge is 0.221 e. The highest BCUT2D eigenvalue weighted by atomic mass is 79.9. The fourth-order valence-corrected chi connectivity index (χ4v) is 1.61. The molecule has 2 N–H and O–H groups in total. The first-order valence-corrected chi connectivity index (χ1v) is 4.15. The van der Waals surface area contributed by atoms with E-state index in [-0.39, 0.29) is 0 Å². The Labute approximate surface area is 76.7 Å². The first-order valence-electron chi connectivity index (χ1n) is 3.36. The van der Waals surface area contributed by atoms with E-state index >= 15 is 0 Å². The molecule has 2 heterocycles. The zero-order valence-electron chi connectivity index (χ0n) is 6.30. The number of halogens is 1. The summed E-state index contributed by atoms with van der Waals surface area (Å²) in [7, 11) is 0. The van der Waals surface area contributed by atoms with Gasteiger partial charge in [0.1, 0.15) is 5.69 Å². The molecular weight excluding hydrogens is 222 g/mol. The van der Waals surface area contributed by atoms with Crippen molar-refractivity contribution in [3.05, 3.63) is 16.2 Å². The minimum Gasteiger partial charge on any atom is -0.355 e. The quantitative estimate of drug-likeness (QED) is 0.771. The fourth-order valence-electron chi connectivity index (χ4n) is 0.986. The monoisotopic (exact) mass is 227 g/mol. The second-order valence-corrected chi connectivity index (χ2v) is 3.27. The number of hydrogen-bond donors (Lipinski definition) is 2. The number of tetrazole rings is 1. The Balaban J connectivity index is 2.54. The van der Waals surface area contributed by atoms with E-state index < -0.39 is 0 Å². The van der Waals surface area contributed by atoms with E-state index in [0.717, 1.165) is 15.9 Å². The Bertz CT molecular complexity index is 377. The summed E-state index contributed by atoms with van der Waals surface area (Å²) in [5.74, 6) is 0.565. The Morgan fingerprint density at radius 2 is 2.33 bits per heavy atom. The van der Waals surface area contributed by atoms with Gasteiger partial charge in [0.2, 0.25) is 5.82 Å². The highest BCUT2D eigenvalue weighted by Gasteiger charge is 2.09. The molecule has 0 atom stereocenters. The maximum Gasteiger partial charge on any atom is 0.221 e. The van der Waals surface area contributed by atoms with Gasteiger partial charge in [-0.05, 0) is 34.1 Å². The summed E-state index contributed by atoms with van der Waals surface area (Å²) in [5, 5.41) is 13.6. The summed E-state index contributed by atoms with van der Waals surface area (Å²) in [5.41, 5.74) is 1.91. The van der Waals surface area contributed by atoms with Crippen molar-refractivity contribution < 1.29 is 0 Å². The van der Waals surface area contributed by atoms with Crippen molar-refractivity contribution in [1.29, 1.82) is 0 Å². The van der Waals surface area contributed by atoms with Crippen LogP contribution in [0.1, 0.15) is 5.69 Å². The zero-order valence-corrected chi connectivity index (χ0v) is 7.88. The van der Waals surface area contributed by atoms with Gasteiger partial charge in [-0.25, -0.2) is 0 Å². The Hall–Kier alpha value is -1.17. The third kappa shape index (κ3) is 1.14. The second kappa shape index (κ2) is 2.71. The van der Waals surface area contributed by atoms with Gasteiger partial charge in [-0.2, -0.15) is 5.21 Å². The summed E-state index contributed by atoms with van der Waals surface area (Å²) in [4.78, 5) is 3.11. The van der Waals surface area contributed by atoms with Crippen LogP contribution >= 0.6 is 15.9 Å². The number of aromatic nitrogens is 5. The fraction of sp³-hybridized carbons (Fsp3) is 0.167. The van der Waals surface area contributed by atoms with Crippen LogP contribution in [0, 0.1) is 6.92 Å². The van der Waals surface area contributed by atoms with Crippen LogP contribution < -0.4 is 0 Å². The van der Waals surface area contributed by atoms with Crippen LogP contribution in [0.15, 0.2) is 10.5 Å². The maximum absolute atomic E-state index is 3.85. The SMILES string of the molecule is Cc1cc(Br)c(-c2nn[nH]n2)[nH]1. The molecule has 0 fully saturated rings. The average molecular weight is 228 g/mol. The van der Waals surface area contributed by atoms with Crippen molar-refractivity contribution in [2.24, 2.45) is 0 Å². The average Bonchev–Trinajstić information content (AvgIpc) is 2.58. The van der Waals surface area contributed by atoms with E-state index in [1.807, 2.05) is 13.0 Å². The van der Waals surface area contributed by atoms with Crippen LogP contribution in [0.5, 0.6) is 0 Å². The van der Waals surface area contributed by atoms with Gasteiger partial charge in [0.05, 0.1) is 0 Å². The Kier molecular flexibility index (Phi) is 1.69. The predicted octanol–water partition coefficient (Wildman–Crippen LogP) is 1.27. The molecular formula is C6H6BrN5. The zero-order chi connectivity index (χ0) is 8.55. The van der Waals surface area contributed by atoms with Crippen molar-refractivity contribution in [2.45, 2.75) is 6.92 Å². The molecule has 6 heteroatoms. The van der Waals surface area contributed by atoms with Crippen LogP contribution in [-0.4, -0.2) is 25.6 Å². The van der Waals surface area contributed by atoms with Gasteiger partial charge in [-0.3, -0.25) is 0 Å². The van der Waals surface area contributed by atoms with E-state index in [1.165, 1.54) is 0 Å². The molecule has 0 saturated heterocycles. The van der Waals surface area contributed by atoms with Crippen LogP contribution in [0.2, 0.25) is 0 Å². The number of rotatable bonds is 1. The first-order chi connectivity index (χ1) is 5.77. The number of aromatic amines is 2. The van der Waals surface area contributed by atoms with Crippen LogP contribution in [0.25, 0.3) is 11.5 Å². The lowest BCUT2D eigenvalue weighted by molar-refractivity contribution is 0.881. The third-order valence-corrected chi connectivity index (χ3v) is 2.10. The van der Waals surface area contributed by atoms with Crippen molar-refractivity contribution in [3.8, 4) is 11.5 Å². The van der Waals surface area contributed by atoms with E-state index in [0.29, 0.717) is 5.82 Å². The van der Waals surface area contributed by atoms with E-state index in [4.69, 9.17) is 0 Å². The summed E-state index contributed by atoms with van der Waals surface area (Å²) in [6.07, 6.45) is 0. The summed E-state index contributed by atoms with van der Waals surface area (Å²) < 4.78 is 0.946.